The van der Waals surface area contributed by atoms with E-state index in [1.807, 2.05) is 0 Å². The molecule has 1 heterocycles. The van der Waals surface area contributed by atoms with E-state index in [1.54, 1.807) is 6.07 Å². The van der Waals surface area contributed by atoms with Gasteiger partial charge in [0.1, 0.15) is 11.7 Å². The molecule has 0 radical (unpaired) electrons. The van der Waals surface area contributed by atoms with Crippen molar-refractivity contribution in [2.75, 3.05) is 13.1 Å². The van der Waals surface area contributed by atoms with Crippen LogP contribution in [0.1, 0.15) is 17.5 Å². The third-order valence-electron chi connectivity index (χ3n) is 2.92. The number of hydrogen-bond acceptors (Lipinski definition) is 3. The van der Waals surface area contributed by atoms with Crippen LogP contribution >= 0.6 is 0 Å². The molecule has 1 atom stereocenters. The van der Waals surface area contributed by atoms with E-state index in [1.165, 1.54) is 12.1 Å². The minimum Gasteiger partial charge on any atom is -0.392 e. The summed E-state index contributed by atoms with van der Waals surface area (Å²) in [4.78, 5) is 2.06. The van der Waals surface area contributed by atoms with E-state index in [-0.39, 0.29) is 17.8 Å². The van der Waals surface area contributed by atoms with Crippen LogP contribution in [0.3, 0.4) is 0 Å². The quantitative estimate of drug-likeness (QED) is 0.534. The Morgan fingerprint density at radius 3 is 2.88 bits per heavy atom. The number of hydrogen-bond donors (Lipinski definition) is 3. The number of nitrogens with one attached hydrogen (secondary N) is 1. The van der Waals surface area contributed by atoms with Crippen molar-refractivity contribution >= 4 is 5.84 Å². The molecule has 1 fully saturated rings. The topological polar surface area (TPSA) is 73.3 Å². The van der Waals surface area contributed by atoms with Crippen LogP contribution in [-0.4, -0.2) is 35.0 Å². The molecule has 1 saturated heterocycles. The Labute approximate surface area is 99.4 Å². The van der Waals surface area contributed by atoms with Gasteiger partial charge < -0.3 is 10.8 Å². The van der Waals surface area contributed by atoms with Crippen molar-refractivity contribution in [3.05, 3.63) is 35.1 Å². The molecule has 0 bridgehead atoms. The Kier molecular flexibility index (Phi) is 3.40. The number of nitrogens with two attached hydrogens (primary N) is 1. The molecule has 1 aliphatic rings. The Morgan fingerprint density at radius 2 is 2.29 bits per heavy atom. The third-order valence-corrected chi connectivity index (χ3v) is 2.92. The van der Waals surface area contributed by atoms with Gasteiger partial charge in [0.15, 0.2) is 0 Å². The van der Waals surface area contributed by atoms with E-state index in [0.29, 0.717) is 18.7 Å². The molecule has 5 heteroatoms. The SMILES string of the molecule is N=C(N)c1cc(F)cc(CN2CCC(O)C2)c1. The second kappa shape index (κ2) is 4.81. The number of amidine groups is 1. The summed E-state index contributed by atoms with van der Waals surface area (Å²) in [6, 6.07) is 4.41. The maximum Gasteiger partial charge on any atom is 0.124 e. The average molecular weight is 237 g/mol. The summed E-state index contributed by atoms with van der Waals surface area (Å²) in [7, 11) is 0. The first-order valence-corrected chi connectivity index (χ1v) is 5.59. The zero-order valence-corrected chi connectivity index (χ0v) is 9.49. The molecule has 4 nitrogen and oxygen atoms in total. The van der Waals surface area contributed by atoms with Gasteiger partial charge in [-0.15, -0.1) is 0 Å². The van der Waals surface area contributed by atoms with Gasteiger partial charge in [-0.2, -0.15) is 0 Å². The smallest absolute Gasteiger partial charge is 0.124 e. The fourth-order valence-corrected chi connectivity index (χ4v) is 2.11. The van der Waals surface area contributed by atoms with Gasteiger partial charge in [0.05, 0.1) is 6.10 Å². The predicted molar refractivity (Wildman–Crippen MR) is 63.3 cm³/mol. The molecule has 1 aromatic rings. The highest BCUT2D eigenvalue weighted by Gasteiger charge is 2.20. The number of nitrogen functional groups attached to an aromatic ring is 1. The summed E-state index contributed by atoms with van der Waals surface area (Å²) in [5.41, 5.74) is 6.53. The van der Waals surface area contributed by atoms with Crippen LogP contribution in [0.15, 0.2) is 18.2 Å². The minimum atomic E-state index is -0.382. The first kappa shape index (κ1) is 12.0. The van der Waals surface area contributed by atoms with Crippen LogP contribution in [0.4, 0.5) is 4.39 Å². The highest BCUT2D eigenvalue weighted by molar-refractivity contribution is 5.95. The summed E-state index contributed by atoms with van der Waals surface area (Å²) in [5, 5.41) is 16.7. The predicted octanol–water partition coefficient (Wildman–Crippen LogP) is 0.676. The number of nitrogens with zero attached hydrogens (tertiary/aromatic N) is 1. The summed E-state index contributed by atoms with van der Waals surface area (Å²) in [5.74, 6) is -0.514. The van der Waals surface area contributed by atoms with Crippen LogP contribution in [0.25, 0.3) is 0 Å². The molecule has 0 saturated carbocycles. The standard InChI is InChI=1S/C12H16FN3O/c13-10-4-8(3-9(5-10)12(14)15)6-16-2-1-11(17)7-16/h3-5,11,17H,1-2,6-7H2,(H3,14,15). The lowest BCUT2D eigenvalue weighted by atomic mass is 10.1. The molecule has 0 spiro atoms. The molecule has 0 aromatic heterocycles. The zero-order chi connectivity index (χ0) is 12.4. The second-order valence-corrected chi connectivity index (χ2v) is 4.44. The van der Waals surface area contributed by atoms with Gasteiger partial charge in [-0.1, -0.05) is 0 Å². The molecule has 0 aliphatic carbocycles. The van der Waals surface area contributed by atoms with Crippen LogP contribution < -0.4 is 5.73 Å². The van der Waals surface area contributed by atoms with Gasteiger partial charge in [-0.25, -0.2) is 4.39 Å². The average Bonchev–Trinajstić information content (AvgIpc) is 2.63. The van der Waals surface area contributed by atoms with Gasteiger partial charge in [-0.05, 0) is 30.2 Å². The number of aliphatic hydroxyl groups is 1. The fraction of sp³-hybridized carbons (Fsp3) is 0.417. The molecule has 2 rings (SSSR count). The number of benzene rings is 1. The molecular weight excluding hydrogens is 221 g/mol. The van der Waals surface area contributed by atoms with Crippen molar-refractivity contribution in [3.8, 4) is 0 Å². The van der Waals surface area contributed by atoms with Crippen molar-refractivity contribution in [2.24, 2.45) is 5.73 Å². The first-order chi connectivity index (χ1) is 8.04. The van der Waals surface area contributed by atoms with Gasteiger partial charge in [0, 0.05) is 25.2 Å². The lowest BCUT2D eigenvalue weighted by Gasteiger charge is -2.15. The van der Waals surface area contributed by atoms with Gasteiger partial charge in [0.25, 0.3) is 0 Å². The van der Waals surface area contributed by atoms with Crippen molar-refractivity contribution in [1.82, 2.24) is 4.90 Å². The van der Waals surface area contributed by atoms with Crippen LogP contribution in [-0.2, 0) is 6.54 Å². The van der Waals surface area contributed by atoms with Crippen LogP contribution in [0.2, 0.25) is 0 Å². The highest BCUT2D eigenvalue weighted by atomic mass is 19.1. The second-order valence-electron chi connectivity index (χ2n) is 4.44. The molecular formula is C12H16FN3O. The maximum atomic E-state index is 13.3. The maximum absolute atomic E-state index is 13.3. The monoisotopic (exact) mass is 237 g/mol. The van der Waals surface area contributed by atoms with Gasteiger partial charge >= 0.3 is 0 Å². The van der Waals surface area contributed by atoms with Crippen molar-refractivity contribution in [1.29, 1.82) is 5.41 Å². The Bertz CT molecular complexity index is 436. The zero-order valence-electron chi connectivity index (χ0n) is 9.49. The lowest BCUT2D eigenvalue weighted by molar-refractivity contribution is 0.175. The molecule has 0 amide bonds. The molecule has 1 aromatic carbocycles. The van der Waals surface area contributed by atoms with E-state index in [4.69, 9.17) is 11.1 Å². The van der Waals surface area contributed by atoms with Crippen LogP contribution in [0.5, 0.6) is 0 Å². The van der Waals surface area contributed by atoms with E-state index in [2.05, 4.69) is 4.90 Å². The van der Waals surface area contributed by atoms with E-state index in [9.17, 15) is 9.50 Å². The number of halogens is 1. The number of β-amino-alcohol motifs (C(OH)–C–C–N with tert-alkyl or cyclic N) is 1. The van der Waals surface area contributed by atoms with Crippen molar-refractivity contribution < 1.29 is 9.50 Å². The lowest BCUT2D eigenvalue weighted by Crippen LogP contribution is -2.22. The molecule has 4 N–H and O–H groups in total. The molecule has 92 valence electrons. The van der Waals surface area contributed by atoms with Gasteiger partial charge in [0.2, 0.25) is 0 Å². The summed E-state index contributed by atoms with van der Waals surface area (Å²) in [6.45, 7) is 2.01. The highest BCUT2D eigenvalue weighted by Crippen LogP contribution is 2.15. The summed E-state index contributed by atoms with van der Waals surface area (Å²) in [6.07, 6.45) is 0.477. The Hall–Kier alpha value is -1.46. The Balaban J connectivity index is 2.12. The fourth-order valence-electron chi connectivity index (χ4n) is 2.11. The largest absolute Gasteiger partial charge is 0.392 e. The third kappa shape index (κ3) is 3.01. The number of rotatable bonds is 3. The molecule has 17 heavy (non-hydrogen) atoms. The molecule has 1 unspecified atom stereocenters. The normalized spacial score (nSPS) is 20.7. The van der Waals surface area contributed by atoms with E-state index in [0.717, 1.165) is 18.5 Å². The van der Waals surface area contributed by atoms with Crippen molar-refractivity contribution in [3.63, 3.8) is 0 Å². The number of aliphatic hydroxyl groups excluding tert-OH is 1. The number of likely N-dealkylation sites (tertiary alicyclic amines) is 1. The van der Waals surface area contributed by atoms with E-state index < -0.39 is 0 Å². The summed E-state index contributed by atoms with van der Waals surface area (Å²) < 4.78 is 13.3. The van der Waals surface area contributed by atoms with Crippen molar-refractivity contribution in [2.45, 2.75) is 19.1 Å². The Morgan fingerprint density at radius 1 is 1.53 bits per heavy atom. The van der Waals surface area contributed by atoms with E-state index >= 15 is 0 Å². The first-order valence-electron chi connectivity index (χ1n) is 5.59. The van der Waals surface area contributed by atoms with Gasteiger partial charge in [-0.3, -0.25) is 10.3 Å². The summed E-state index contributed by atoms with van der Waals surface area (Å²) >= 11 is 0. The molecule has 1 aliphatic heterocycles. The van der Waals surface area contributed by atoms with Crippen LogP contribution in [0, 0.1) is 11.2 Å². The minimum absolute atomic E-state index is 0.132.